The van der Waals surface area contributed by atoms with E-state index in [1.54, 1.807) is 0 Å². The van der Waals surface area contributed by atoms with Crippen molar-refractivity contribution in [2.24, 2.45) is 0 Å². The molecule has 4 nitrogen and oxygen atoms in total. The first-order valence-corrected chi connectivity index (χ1v) is 12.1. The molecule has 0 aliphatic carbocycles. The molecular formula is C33H20N4. The van der Waals surface area contributed by atoms with Crippen molar-refractivity contribution in [2.75, 3.05) is 0 Å². The van der Waals surface area contributed by atoms with Gasteiger partial charge in [-0.05, 0) is 42.5 Å². The van der Waals surface area contributed by atoms with Crippen LogP contribution in [-0.2, 0) is 0 Å². The Hall–Kier alpha value is -5.27. The van der Waals surface area contributed by atoms with E-state index < -0.39 is 0 Å². The van der Waals surface area contributed by atoms with Gasteiger partial charge in [-0.15, -0.1) is 0 Å². The normalized spacial score (nSPS) is 11.0. The van der Waals surface area contributed by atoms with Crippen LogP contribution in [0.1, 0.15) is 0 Å². The lowest BCUT2D eigenvalue weighted by Gasteiger charge is -2.11. The van der Waals surface area contributed by atoms with Gasteiger partial charge in [0.15, 0.2) is 17.5 Å². The summed E-state index contributed by atoms with van der Waals surface area (Å²) in [4.78, 5) is 14.6. The van der Waals surface area contributed by atoms with Crippen molar-refractivity contribution >= 4 is 21.8 Å². The van der Waals surface area contributed by atoms with Gasteiger partial charge in [-0.3, -0.25) is 0 Å². The van der Waals surface area contributed by atoms with Gasteiger partial charge in [0.05, 0.1) is 11.0 Å². The van der Waals surface area contributed by atoms with Crippen LogP contribution in [0.4, 0.5) is 0 Å². The fourth-order valence-electron chi connectivity index (χ4n) is 4.82. The van der Waals surface area contributed by atoms with Crippen molar-refractivity contribution in [2.45, 2.75) is 0 Å². The molecule has 0 N–H and O–H groups in total. The van der Waals surface area contributed by atoms with Crippen LogP contribution < -0.4 is 0 Å². The van der Waals surface area contributed by atoms with Crippen LogP contribution in [0, 0.1) is 12.1 Å². The Kier molecular flexibility index (Phi) is 4.98. The Morgan fingerprint density at radius 2 is 1.08 bits per heavy atom. The molecule has 0 unspecified atom stereocenters. The molecule has 0 atom stereocenters. The summed E-state index contributed by atoms with van der Waals surface area (Å²) < 4.78 is 2.30. The molecule has 0 amide bonds. The third-order valence-electron chi connectivity index (χ3n) is 6.53. The third kappa shape index (κ3) is 3.71. The summed E-state index contributed by atoms with van der Waals surface area (Å²) in [7, 11) is 0. The first-order chi connectivity index (χ1) is 18.3. The summed E-state index contributed by atoms with van der Waals surface area (Å²) >= 11 is 0. The molecule has 0 bridgehead atoms. The maximum atomic E-state index is 4.90. The van der Waals surface area contributed by atoms with Gasteiger partial charge in [-0.2, -0.15) is 0 Å². The Morgan fingerprint density at radius 3 is 1.76 bits per heavy atom. The molecule has 0 aliphatic rings. The smallest absolute Gasteiger partial charge is 0.164 e. The molecule has 2 heterocycles. The molecule has 0 saturated heterocycles. The molecule has 0 radical (unpaired) electrons. The van der Waals surface area contributed by atoms with E-state index in [0.29, 0.717) is 17.5 Å². The second-order valence-corrected chi connectivity index (χ2v) is 8.81. The SMILES string of the molecule is c1ccc(-c2nc(-c3ccccc3)nc(-c3cccc(-n4c5ccccc5c5ccccc54)c3)n2)cc#1. The maximum absolute atomic E-state index is 4.90. The highest BCUT2D eigenvalue weighted by Gasteiger charge is 2.15. The van der Waals surface area contributed by atoms with E-state index in [2.05, 4.69) is 89.5 Å². The fraction of sp³-hybridized carbons (Fsp3) is 0. The number of para-hydroxylation sites is 2. The Morgan fingerprint density at radius 1 is 0.486 bits per heavy atom. The van der Waals surface area contributed by atoms with Crippen molar-refractivity contribution in [3.63, 3.8) is 0 Å². The van der Waals surface area contributed by atoms with Gasteiger partial charge in [0.25, 0.3) is 0 Å². The highest BCUT2D eigenvalue weighted by molar-refractivity contribution is 6.09. The lowest BCUT2D eigenvalue weighted by molar-refractivity contribution is 1.07. The molecule has 2 aromatic heterocycles. The molecule has 7 rings (SSSR count). The predicted octanol–water partition coefficient (Wildman–Crippen LogP) is 7.57. The van der Waals surface area contributed by atoms with E-state index in [1.807, 2.05) is 48.5 Å². The van der Waals surface area contributed by atoms with Crippen molar-refractivity contribution in [3.8, 4) is 39.9 Å². The van der Waals surface area contributed by atoms with E-state index in [0.717, 1.165) is 22.4 Å². The highest BCUT2D eigenvalue weighted by atomic mass is 15.0. The number of hydrogen-bond acceptors (Lipinski definition) is 3. The number of fused-ring (bicyclic) bond motifs is 3. The fourth-order valence-corrected chi connectivity index (χ4v) is 4.82. The van der Waals surface area contributed by atoms with Gasteiger partial charge in [-0.1, -0.05) is 91.0 Å². The average molecular weight is 473 g/mol. The van der Waals surface area contributed by atoms with Crippen LogP contribution in [0.25, 0.3) is 61.7 Å². The molecule has 0 saturated carbocycles. The molecule has 4 heteroatoms. The van der Waals surface area contributed by atoms with Crippen molar-refractivity contribution in [1.29, 1.82) is 0 Å². The van der Waals surface area contributed by atoms with Crippen LogP contribution in [0.5, 0.6) is 0 Å². The maximum Gasteiger partial charge on any atom is 0.164 e. The second-order valence-electron chi connectivity index (χ2n) is 8.81. The average Bonchev–Trinajstić information content (AvgIpc) is 3.32. The number of aromatic nitrogens is 4. The Labute approximate surface area is 214 Å². The van der Waals surface area contributed by atoms with Crippen molar-refractivity contribution < 1.29 is 0 Å². The first-order valence-electron chi connectivity index (χ1n) is 12.1. The number of rotatable bonds is 4. The second kappa shape index (κ2) is 8.75. The van der Waals surface area contributed by atoms with Crippen molar-refractivity contribution in [3.05, 3.63) is 133 Å². The molecular weight excluding hydrogens is 452 g/mol. The van der Waals surface area contributed by atoms with Crippen LogP contribution in [-0.4, -0.2) is 19.5 Å². The zero-order valence-corrected chi connectivity index (χ0v) is 19.8. The number of hydrogen-bond donors (Lipinski definition) is 0. The summed E-state index contributed by atoms with van der Waals surface area (Å²) in [5.74, 6) is 1.87. The molecule has 7 aromatic rings. The van der Waals surface area contributed by atoms with Gasteiger partial charge in [0, 0.05) is 33.2 Å². The topological polar surface area (TPSA) is 43.6 Å². The van der Waals surface area contributed by atoms with E-state index in [-0.39, 0.29) is 0 Å². The van der Waals surface area contributed by atoms with Gasteiger partial charge in [0.1, 0.15) is 0 Å². The van der Waals surface area contributed by atoms with Crippen molar-refractivity contribution in [1.82, 2.24) is 19.5 Å². The molecule has 37 heavy (non-hydrogen) atoms. The quantitative estimate of drug-likeness (QED) is 0.265. The lowest BCUT2D eigenvalue weighted by atomic mass is 10.1. The Bertz CT molecular complexity index is 1760. The first kappa shape index (κ1) is 21.0. The van der Waals surface area contributed by atoms with Crippen LogP contribution in [0.3, 0.4) is 0 Å². The van der Waals surface area contributed by atoms with Crippen LogP contribution in [0.15, 0.2) is 121 Å². The zero-order valence-electron chi connectivity index (χ0n) is 19.8. The van der Waals surface area contributed by atoms with E-state index in [9.17, 15) is 0 Å². The summed E-state index contributed by atoms with van der Waals surface area (Å²) in [6.07, 6.45) is 0. The molecule has 0 aliphatic heterocycles. The van der Waals surface area contributed by atoms with Gasteiger partial charge >= 0.3 is 0 Å². The Balaban J connectivity index is 1.44. The minimum atomic E-state index is 0.608. The molecule has 172 valence electrons. The van der Waals surface area contributed by atoms with E-state index >= 15 is 0 Å². The third-order valence-corrected chi connectivity index (χ3v) is 6.53. The molecule has 0 spiro atoms. The molecule has 0 fully saturated rings. The van der Waals surface area contributed by atoms with Gasteiger partial charge < -0.3 is 4.57 Å². The molecule has 5 aromatic carbocycles. The van der Waals surface area contributed by atoms with Gasteiger partial charge in [0.2, 0.25) is 0 Å². The summed E-state index contributed by atoms with van der Waals surface area (Å²) in [6.45, 7) is 0. The van der Waals surface area contributed by atoms with Crippen LogP contribution >= 0.6 is 0 Å². The summed E-state index contributed by atoms with van der Waals surface area (Å²) in [6, 6.07) is 47.0. The zero-order chi connectivity index (χ0) is 24.6. The number of benzene rings is 4. The number of nitrogens with zero attached hydrogens (tertiary/aromatic N) is 4. The minimum absolute atomic E-state index is 0.608. The highest BCUT2D eigenvalue weighted by Crippen LogP contribution is 2.33. The van der Waals surface area contributed by atoms with E-state index in [1.165, 1.54) is 21.8 Å². The minimum Gasteiger partial charge on any atom is -0.309 e. The predicted molar refractivity (Wildman–Crippen MR) is 148 cm³/mol. The summed E-state index contributed by atoms with van der Waals surface area (Å²) in [5.41, 5.74) is 6.12. The monoisotopic (exact) mass is 472 g/mol. The van der Waals surface area contributed by atoms with Gasteiger partial charge in [-0.25, -0.2) is 15.0 Å². The lowest BCUT2D eigenvalue weighted by Crippen LogP contribution is -2.01. The van der Waals surface area contributed by atoms with Crippen LogP contribution in [0.2, 0.25) is 0 Å². The largest absolute Gasteiger partial charge is 0.309 e. The standard InChI is InChI=1S/C33H20N4/c1-3-12-23(13-4-1)31-34-32(24-14-5-2-6-15-24)36-33(35-31)25-16-11-17-26(22-25)37-29-20-9-7-18-27(29)28-19-8-10-21-30(28)37/h1,3-5,7-22H. The summed E-state index contributed by atoms with van der Waals surface area (Å²) in [5, 5.41) is 2.46. The van der Waals surface area contributed by atoms with E-state index in [4.69, 9.17) is 15.0 Å².